The van der Waals surface area contributed by atoms with Gasteiger partial charge in [0.1, 0.15) is 16.9 Å². The van der Waals surface area contributed by atoms with E-state index in [1.54, 1.807) is 48.7 Å². The molecular weight excluding hydrogens is 462 g/mol. The van der Waals surface area contributed by atoms with Gasteiger partial charge in [-0.25, -0.2) is 15.0 Å². The number of carbonyl (C=O) groups excluding carboxylic acids is 1. The van der Waals surface area contributed by atoms with Crippen LogP contribution in [0.2, 0.25) is 0 Å². The zero-order valence-electron chi connectivity index (χ0n) is 18.6. The Hall–Kier alpha value is -4.62. The van der Waals surface area contributed by atoms with Crippen molar-refractivity contribution in [3.8, 4) is 17.3 Å². The molecule has 0 radical (unpaired) electrons. The average molecular weight is 482 g/mol. The number of nitriles is 1. The van der Waals surface area contributed by atoms with Crippen molar-refractivity contribution < 1.29 is 9.90 Å². The number of hydrogen-bond donors (Lipinski definition) is 3. The zero-order valence-corrected chi connectivity index (χ0v) is 19.4. The van der Waals surface area contributed by atoms with E-state index in [0.29, 0.717) is 12.2 Å². The van der Waals surface area contributed by atoms with Crippen LogP contribution in [0.1, 0.15) is 12.5 Å². The topological polar surface area (TPSA) is 129 Å². The Morgan fingerprint density at radius 1 is 1.17 bits per heavy atom. The number of rotatable bonds is 5. The first-order valence-corrected chi connectivity index (χ1v) is 11.4. The molecule has 9 nitrogen and oxygen atoms in total. The van der Waals surface area contributed by atoms with Crippen LogP contribution in [0.4, 0.5) is 17.2 Å². The molecule has 1 aliphatic heterocycles. The summed E-state index contributed by atoms with van der Waals surface area (Å²) in [4.78, 5) is 26.4. The molecule has 0 saturated carbocycles. The van der Waals surface area contributed by atoms with Gasteiger partial charge in [-0.3, -0.25) is 4.79 Å². The van der Waals surface area contributed by atoms with Crippen LogP contribution in [-0.4, -0.2) is 30.5 Å². The Morgan fingerprint density at radius 2 is 1.97 bits per heavy atom. The van der Waals surface area contributed by atoms with E-state index < -0.39 is 5.91 Å². The molecule has 1 aliphatic rings. The number of aliphatic hydroxyl groups excluding tert-OH is 1. The maximum atomic E-state index is 12.1. The molecule has 4 aromatic rings. The van der Waals surface area contributed by atoms with Crippen molar-refractivity contribution in [2.75, 3.05) is 10.6 Å². The third-order valence-corrected chi connectivity index (χ3v) is 6.37. The molecule has 0 saturated heterocycles. The maximum absolute atomic E-state index is 12.1. The fourth-order valence-electron chi connectivity index (χ4n) is 3.60. The largest absolute Gasteiger partial charge is 0.511 e. The lowest BCUT2D eigenvalue weighted by molar-refractivity contribution is -0.112. The number of aliphatic hydroxyl groups is 1. The molecule has 10 heteroatoms. The lowest BCUT2D eigenvalue weighted by Gasteiger charge is -2.19. The highest BCUT2D eigenvalue weighted by Crippen LogP contribution is 2.42. The molecular formula is C25H19N7O2S. The highest BCUT2D eigenvalue weighted by atomic mass is 32.2. The average Bonchev–Trinajstić information content (AvgIpc) is 3.32. The summed E-state index contributed by atoms with van der Waals surface area (Å²) in [5.74, 6) is -0.213. The Morgan fingerprint density at radius 3 is 2.74 bits per heavy atom. The number of nitrogens with zero attached hydrogens (tertiary/aromatic N) is 5. The molecule has 3 heterocycles. The van der Waals surface area contributed by atoms with Crippen LogP contribution in [0.25, 0.3) is 11.3 Å². The number of allylic oxidation sites excluding steroid dienone is 1. The Bertz CT molecular complexity index is 1500. The van der Waals surface area contributed by atoms with Crippen molar-refractivity contribution in [3.05, 3.63) is 84.3 Å². The van der Waals surface area contributed by atoms with Gasteiger partial charge in [-0.2, -0.15) is 5.26 Å². The minimum atomic E-state index is -0.655. The standard InChI is InChI=1S/C25H19N7O2S/c1-15(33)19(11-26)24(34)30-18-5-3-17(4-6-18)21-13-32(14-29-21)12-16-2-7-22-20(10-16)31-23-25(35-22)28-9-8-27-23/h2-10,13-14,33H,12H2,1H3,(H,27,31)(H,30,34). The van der Waals surface area contributed by atoms with Gasteiger partial charge in [-0.1, -0.05) is 30.0 Å². The second kappa shape index (κ2) is 9.32. The first-order valence-electron chi connectivity index (χ1n) is 10.6. The van der Waals surface area contributed by atoms with E-state index in [4.69, 9.17) is 5.26 Å². The summed E-state index contributed by atoms with van der Waals surface area (Å²) in [6, 6.07) is 15.1. The number of benzene rings is 2. The van der Waals surface area contributed by atoms with Crippen LogP contribution in [-0.2, 0) is 11.3 Å². The van der Waals surface area contributed by atoms with Gasteiger partial charge in [0.15, 0.2) is 11.4 Å². The first kappa shape index (κ1) is 22.2. The quantitative estimate of drug-likeness (QED) is 0.184. The molecule has 0 atom stereocenters. The molecule has 0 fully saturated rings. The van der Waals surface area contributed by atoms with E-state index in [0.717, 1.165) is 38.2 Å². The third kappa shape index (κ3) is 4.71. The predicted octanol–water partition coefficient (Wildman–Crippen LogP) is 4.89. The minimum absolute atomic E-state index is 0.319. The summed E-state index contributed by atoms with van der Waals surface area (Å²) in [7, 11) is 0. The summed E-state index contributed by atoms with van der Waals surface area (Å²) in [6.45, 7) is 1.95. The molecule has 0 spiro atoms. The summed E-state index contributed by atoms with van der Waals surface area (Å²) < 4.78 is 2.00. The maximum Gasteiger partial charge on any atom is 0.269 e. The second-order valence-corrected chi connectivity index (χ2v) is 8.83. The summed E-state index contributed by atoms with van der Waals surface area (Å²) in [5, 5.41) is 25.2. The van der Waals surface area contributed by atoms with E-state index >= 15 is 0 Å². The van der Waals surface area contributed by atoms with Crippen LogP contribution in [0.3, 0.4) is 0 Å². The summed E-state index contributed by atoms with van der Waals surface area (Å²) >= 11 is 1.60. The Balaban J connectivity index is 1.27. The minimum Gasteiger partial charge on any atom is -0.511 e. The van der Waals surface area contributed by atoms with E-state index in [1.165, 1.54) is 6.92 Å². The second-order valence-electron chi connectivity index (χ2n) is 7.80. The van der Waals surface area contributed by atoms with Gasteiger partial charge in [0.25, 0.3) is 5.91 Å². The lowest BCUT2D eigenvalue weighted by Crippen LogP contribution is -2.14. The fourth-order valence-corrected chi connectivity index (χ4v) is 4.48. The Kier molecular flexibility index (Phi) is 5.91. The number of anilines is 3. The highest BCUT2D eigenvalue weighted by molar-refractivity contribution is 7.99. The molecule has 1 amide bonds. The number of hydrogen-bond acceptors (Lipinski definition) is 8. The highest BCUT2D eigenvalue weighted by Gasteiger charge is 2.18. The number of carbonyl (C=O) groups is 1. The van der Waals surface area contributed by atoms with Crippen molar-refractivity contribution in [2.24, 2.45) is 0 Å². The summed E-state index contributed by atoms with van der Waals surface area (Å²) in [6.07, 6.45) is 7.10. The van der Waals surface area contributed by atoms with Crippen LogP contribution in [0, 0.1) is 11.3 Å². The van der Waals surface area contributed by atoms with E-state index in [9.17, 15) is 9.90 Å². The number of imidazole rings is 1. The zero-order chi connectivity index (χ0) is 24.4. The van der Waals surface area contributed by atoms with Crippen LogP contribution < -0.4 is 10.6 Å². The number of fused-ring (bicyclic) bond motifs is 2. The van der Waals surface area contributed by atoms with Gasteiger partial charge >= 0.3 is 0 Å². The Labute approximate surface area is 205 Å². The fraction of sp³-hybridized carbons (Fsp3) is 0.0800. The van der Waals surface area contributed by atoms with Crippen molar-refractivity contribution in [1.29, 1.82) is 5.26 Å². The van der Waals surface area contributed by atoms with Crippen molar-refractivity contribution in [1.82, 2.24) is 19.5 Å². The van der Waals surface area contributed by atoms with Crippen molar-refractivity contribution in [2.45, 2.75) is 23.4 Å². The van der Waals surface area contributed by atoms with Gasteiger partial charge in [0.2, 0.25) is 0 Å². The number of aromatic nitrogens is 4. The molecule has 5 rings (SSSR count). The molecule has 172 valence electrons. The molecule has 3 N–H and O–H groups in total. The third-order valence-electron chi connectivity index (χ3n) is 5.31. The van der Waals surface area contributed by atoms with Crippen LogP contribution in [0.5, 0.6) is 0 Å². The number of amides is 1. The van der Waals surface area contributed by atoms with Gasteiger partial charge in [-0.15, -0.1) is 0 Å². The SMILES string of the molecule is CC(O)=C(C#N)C(=O)Nc1ccc(-c2cn(Cc3ccc4c(c3)Nc3nccnc3S4)cn2)cc1. The summed E-state index contributed by atoms with van der Waals surface area (Å²) in [5.41, 5.74) is 3.99. The monoisotopic (exact) mass is 481 g/mol. The molecule has 0 unspecified atom stereocenters. The van der Waals surface area contributed by atoms with Crippen LogP contribution >= 0.6 is 11.8 Å². The molecule has 2 aromatic carbocycles. The van der Waals surface area contributed by atoms with Crippen molar-refractivity contribution >= 4 is 34.9 Å². The first-order chi connectivity index (χ1) is 17.0. The molecule has 35 heavy (non-hydrogen) atoms. The normalized spacial score (nSPS) is 12.5. The van der Waals surface area contributed by atoms with Gasteiger partial charge in [0, 0.05) is 41.3 Å². The van der Waals surface area contributed by atoms with Crippen molar-refractivity contribution in [3.63, 3.8) is 0 Å². The lowest BCUT2D eigenvalue weighted by atomic mass is 10.1. The van der Waals surface area contributed by atoms with E-state index in [2.05, 4.69) is 43.8 Å². The molecule has 0 bridgehead atoms. The molecule has 2 aromatic heterocycles. The van der Waals surface area contributed by atoms with Crippen LogP contribution in [0.15, 0.2) is 88.6 Å². The van der Waals surface area contributed by atoms with Gasteiger partial charge < -0.3 is 20.3 Å². The van der Waals surface area contributed by atoms with Gasteiger partial charge in [-0.05, 0) is 36.8 Å². The smallest absolute Gasteiger partial charge is 0.269 e. The predicted molar refractivity (Wildman–Crippen MR) is 132 cm³/mol. The van der Waals surface area contributed by atoms with Gasteiger partial charge in [0.05, 0.1) is 17.7 Å². The number of nitrogens with one attached hydrogen (secondary N) is 2. The molecule has 0 aliphatic carbocycles. The van der Waals surface area contributed by atoms with E-state index in [-0.39, 0.29) is 11.3 Å². The van der Waals surface area contributed by atoms with E-state index in [1.807, 2.05) is 22.9 Å².